The highest BCUT2D eigenvalue weighted by Crippen LogP contribution is 2.27. The molecule has 2 aromatic carbocycles. The van der Waals surface area contributed by atoms with E-state index in [9.17, 15) is 4.79 Å². The molecule has 0 N–H and O–H groups in total. The van der Waals surface area contributed by atoms with Gasteiger partial charge in [0.05, 0.1) is 0 Å². The average Bonchev–Trinajstić information content (AvgIpc) is 3.03. The molecule has 1 unspecified atom stereocenters. The van der Waals surface area contributed by atoms with Crippen LogP contribution in [0.25, 0.3) is 0 Å². The smallest absolute Gasteiger partial charge is 0.334 e. The van der Waals surface area contributed by atoms with E-state index in [-0.39, 0.29) is 19.2 Å². The zero-order valence-corrected chi connectivity index (χ0v) is 15.7. The van der Waals surface area contributed by atoms with Gasteiger partial charge < -0.3 is 13.9 Å². The molecular weight excluding hydrogens is 332 g/mol. The summed E-state index contributed by atoms with van der Waals surface area (Å²) in [5.74, 6) is -1.24. The molecule has 0 saturated carbocycles. The Balaban J connectivity index is 1.79. The fraction of sp³-hybridized carbons (Fsp3) is 0.350. The largest absolute Gasteiger partial charge is 0.429 e. The van der Waals surface area contributed by atoms with Crippen LogP contribution in [0.4, 0.5) is 0 Å². The van der Waals surface area contributed by atoms with Crippen LogP contribution in [-0.4, -0.2) is 34.0 Å². The van der Waals surface area contributed by atoms with Crippen LogP contribution in [0.5, 0.6) is 0 Å². The molecule has 1 fully saturated rings. The molecular formula is C20H24O4Si. The van der Waals surface area contributed by atoms with Gasteiger partial charge in [0.25, 0.3) is 0 Å². The van der Waals surface area contributed by atoms with Crippen molar-refractivity contribution in [2.45, 2.75) is 32.0 Å². The van der Waals surface area contributed by atoms with Gasteiger partial charge >= 0.3 is 5.97 Å². The summed E-state index contributed by atoms with van der Waals surface area (Å²) in [5, 5.41) is 2.40. The zero-order valence-electron chi connectivity index (χ0n) is 14.5. The number of unbranched alkanes of at least 4 members (excludes halogenated alkanes) is 1. The first-order chi connectivity index (χ1) is 12.2. The number of rotatable bonds is 8. The molecule has 0 spiro atoms. The minimum Gasteiger partial charge on any atom is -0.429 e. The molecule has 1 aliphatic heterocycles. The first-order valence-electron chi connectivity index (χ1n) is 8.80. The molecule has 5 heteroatoms. The van der Waals surface area contributed by atoms with Crippen molar-refractivity contribution < 1.29 is 18.7 Å². The molecule has 1 heterocycles. The predicted octanol–water partition coefficient (Wildman–Crippen LogP) is 2.00. The molecule has 2 aromatic rings. The molecule has 25 heavy (non-hydrogen) atoms. The van der Waals surface area contributed by atoms with Crippen molar-refractivity contribution >= 4 is 25.4 Å². The fourth-order valence-corrected chi connectivity index (χ4v) is 5.35. The lowest BCUT2D eigenvalue weighted by Gasteiger charge is -2.28. The van der Waals surface area contributed by atoms with Crippen molar-refractivity contribution in [1.29, 1.82) is 0 Å². The van der Waals surface area contributed by atoms with Gasteiger partial charge in [0.15, 0.2) is 0 Å². The molecule has 0 aliphatic carbocycles. The van der Waals surface area contributed by atoms with Crippen LogP contribution >= 0.6 is 0 Å². The maximum Gasteiger partial charge on any atom is 0.334 e. The quantitative estimate of drug-likeness (QED) is 0.536. The SMILES string of the molecule is CCCCC1(CO[SiH](c2ccccc2)c2ccccc2)OCC(=O)O1. The van der Waals surface area contributed by atoms with E-state index in [2.05, 4.69) is 31.2 Å². The van der Waals surface area contributed by atoms with Crippen LogP contribution < -0.4 is 10.4 Å². The Labute approximate surface area is 150 Å². The molecule has 0 amide bonds. The Morgan fingerprint density at radius 3 is 2.12 bits per heavy atom. The fourth-order valence-electron chi connectivity index (χ4n) is 3.02. The number of ether oxygens (including phenoxy) is 2. The zero-order chi connectivity index (χ0) is 17.5. The van der Waals surface area contributed by atoms with E-state index in [4.69, 9.17) is 13.9 Å². The molecule has 0 radical (unpaired) electrons. The second-order valence-electron chi connectivity index (χ2n) is 6.29. The third kappa shape index (κ3) is 4.57. The lowest BCUT2D eigenvalue weighted by Crippen LogP contribution is -2.49. The van der Waals surface area contributed by atoms with Crippen molar-refractivity contribution in [2.24, 2.45) is 0 Å². The highest BCUT2D eigenvalue weighted by molar-refractivity contribution is 6.80. The van der Waals surface area contributed by atoms with E-state index in [1.54, 1.807) is 0 Å². The Hall–Kier alpha value is -1.95. The number of esters is 1. The van der Waals surface area contributed by atoms with E-state index in [1.165, 1.54) is 10.4 Å². The molecule has 1 aliphatic rings. The van der Waals surface area contributed by atoms with Crippen LogP contribution in [0.3, 0.4) is 0 Å². The molecule has 1 atom stereocenters. The van der Waals surface area contributed by atoms with Gasteiger partial charge in [-0.2, -0.15) is 0 Å². The number of hydrogen-bond acceptors (Lipinski definition) is 4. The van der Waals surface area contributed by atoms with E-state index in [0.717, 1.165) is 12.8 Å². The van der Waals surface area contributed by atoms with E-state index in [0.29, 0.717) is 6.42 Å². The van der Waals surface area contributed by atoms with E-state index in [1.807, 2.05) is 36.4 Å². The summed E-state index contributed by atoms with van der Waals surface area (Å²) in [4.78, 5) is 11.6. The summed E-state index contributed by atoms with van der Waals surface area (Å²) in [5.41, 5.74) is 0. The summed E-state index contributed by atoms with van der Waals surface area (Å²) in [6, 6.07) is 20.5. The maximum absolute atomic E-state index is 11.6. The number of cyclic esters (lactones) is 1. The van der Waals surface area contributed by atoms with Crippen molar-refractivity contribution in [3.63, 3.8) is 0 Å². The molecule has 3 rings (SSSR count). The van der Waals surface area contributed by atoms with Gasteiger partial charge in [-0.1, -0.05) is 74.0 Å². The van der Waals surface area contributed by atoms with Crippen LogP contribution in [-0.2, 0) is 18.7 Å². The highest BCUT2D eigenvalue weighted by Gasteiger charge is 2.42. The van der Waals surface area contributed by atoms with Gasteiger partial charge in [0.2, 0.25) is 14.8 Å². The van der Waals surface area contributed by atoms with Gasteiger partial charge in [-0.25, -0.2) is 4.79 Å². The van der Waals surface area contributed by atoms with Crippen LogP contribution in [0.2, 0.25) is 0 Å². The predicted molar refractivity (Wildman–Crippen MR) is 99.6 cm³/mol. The Kier molecular flexibility index (Phi) is 6.02. The monoisotopic (exact) mass is 356 g/mol. The van der Waals surface area contributed by atoms with Crippen molar-refractivity contribution in [3.8, 4) is 0 Å². The third-order valence-corrected chi connectivity index (χ3v) is 6.82. The minimum absolute atomic E-state index is 0.00989. The first kappa shape index (κ1) is 17.9. The molecule has 132 valence electrons. The molecule has 1 saturated heterocycles. The summed E-state index contributed by atoms with van der Waals surface area (Å²) in [7, 11) is -1.88. The van der Waals surface area contributed by atoms with E-state index < -0.39 is 14.8 Å². The maximum atomic E-state index is 11.6. The summed E-state index contributed by atoms with van der Waals surface area (Å²) in [6.45, 7) is 2.40. The van der Waals surface area contributed by atoms with Gasteiger partial charge in [-0.3, -0.25) is 0 Å². The minimum atomic E-state index is -1.88. The van der Waals surface area contributed by atoms with Crippen molar-refractivity contribution in [2.75, 3.05) is 13.2 Å². The van der Waals surface area contributed by atoms with E-state index >= 15 is 0 Å². The second-order valence-corrected chi connectivity index (χ2v) is 8.72. The number of carbonyl (C=O) groups excluding carboxylic acids is 1. The number of hydrogen-bond donors (Lipinski definition) is 0. The molecule has 4 nitrogen and oxygen atoms in total. The lowest BCUT2D eigenvalue weighted by molar-refractivity contribution is -0.190. The lowest BCUT2D eigenvalue weighted by atomic mass is 10.1. The summed E-state index contributed by atoms with van der Waals surface area (Å²) < 4.78 is 17.6. The van der Waals surface area contributed by atoms with Crippen molar-refractivity contribution in [1.82, 2.24) is 0 Å². The average molecular weight is 356 g/mol. The van der Waals surface area contributed by atoms with Crippen molar-refractivity contribution in [3.05, 3.63) is 60.7 Å². The number of benzene rings is 2. The molecule has 0 bridgehead atoms. The van der Waals surface area contributed by atoms with Gasteiger partial charge in [0.1, 0.15) is 13.2 Å². The molecule has 0 aromatic heterocycles. The van der Waals surface area contributed by atoms with Gasteiger partial charge in [-0.15, -0.1) is 0 Å². The topological polar surface area (TPSA) is 44.8 Å². The van der Waals surface area contributed by atoms with Gasteiger partial charge in [0, 0.05) is 6.42 Å². The normalized spacial score (nSPS) is 20.0. The standard InChI is InChI=1S/C20H24O4Si/c1-2-3-14-20(22-15-19(21)24-20)16-23-25(17-10-6-4-7-11-17)18-12-8-5-9-13-18/h4-13,25H,2-3,14-16H2,1H3. The number of carbonyl (C=O) groups is 1. The summed E-state index contributed by atoms with van der Waals surface area (Å²) >= 11 is 0. The Morgan fingerprint density at radius 1 is 1.04 bits per heavy atom. The second kappa shape index (κ2) is 8.42. The Morgan fingerprint density at radius 2 is 1.64 bits per heavy atom. The van der Waals surface area contributed by atoms with Crippen LogP contribution in [0, 0.1) is 0 Å². The van der Waals surface area contributed by atoms with Crippen LogP contribution in [0.1, 0.15) is 26.2 Å². The third-order valence-electron chi connectivity index (χ3n) is 4.34. The Bertz CT molecular complexity index is 637. The first-order valence-corrected chi connectivity index (χ1v) is 10.4. The summed E-state index contributed by atoms with van der Waals surface area (Å²) in [6.07, 6.45) is 2.61. The highest BCUT2D eigenvalue weighted by atomic mass is 28.3. The van der Waals surface area contributed by atoms with Gasteiger partial charge in [-0.05, 0) is 16.8 Å². The van der Waals surface area contributed by atoms with Crippen LogP contribution in [0.15, 0.2) is 60.7 Å².